The molecule has 0 radical (unpaired) electrons. The number of aliphatic imine (C=N–C) groups is 1. The van der Waals surface area contributed by atoms with Crippen LogP contribution in [-0.2, 0) is 19.5 Å². The number of nitrogens with one attached hydrogen (secondary N) is 2. The molecule has 0 aliphatic heterocycles. The van der Waals surface area contributed by atoms with Crippen LogP contribution in [0.2, 0.25) is 0 Å². The van der Waals surface area contributed by atoms with E-state index in [9.17, 15) is 4.39 Å². The number of aryl methyl sites for hydroxylation is 1. The molecule has 2 rings (SSSR count). The van der Waals surface area contributed by atoms with E-state index >= 15 is 0 Å². The van der Waals surface area contributed by atoms with E-state index in [1.165, 1.54) is 22.9 Å². The molecule has 0 atom stereocenters. The molecular formula is C18H24FN3OS. The van der Waals surface area contributed by atoms with E-state index in [1.807, 2.05) is 13.0 Å². The Labute approximate surface area is 146 Å². The quantitative estimate of drug-likeness (QED) is 0.592. The Kier molecular flexibility index (Phi) is 7.06. The predicted octanol–water partition coefficient (Wildman–Crippen LogP) is 3.71. The third kappa shape index (κ3) is 5.23. The van der Waals surface area contributed by atoms with E-state index in [4.69, 9.17) is 4.74 Å². The number of halogens is 1. The monoisotopic (exact) mass is 349 g/mol. The van der Waals surface area contributed by atoms with Gasteiger partial charge in [0.25, 0.3) is 0 Å². The Bertz CT molecular complexity index is 685. The summed E-state index contributed by atoms with van der Waals surface area (Å²) in [6.45, 7) is 6.08. The van der Waals surface area contributed by atoms with Gasteiger partial charge in [-0.2, -0.15) is 0 Å². The van der Waals surface area contributed by atoms with Crippen molar-refractivity contribution in [2.75, 3.05) is 13.7 Å². The van der Waals surface area contributed by atoms with Gasteiger partial charge in [0.1, 0.15) is 0 Å². The average Bonchev–Trinajstić information content (AvgIpc) is 3.05. The number of rotatable bonds is 7. The van der Waals surface area contributed by atoms with Crippen molar-refractivity contribution in [1.29, 1.82) is 0 Å². The van der Waals surface area contributed by atoms with Crippen LogP contribution in [0.15, 0.2) is 35.3 Å². The third-order valence-corrected chi connectivity index (χ3v) is 4.71. The maximum Gasteiger partial charge on any atom is 0.191 e. The van der Waals surface area contributed by atoms with E-state index in [0.29, 0.717) is 6.54 Å². The highest BCUT2D eigenvalue weighted by Crippen LogP contribution is 2.18. The first kappa shape index (κ1) is 18.3. The zero-order chi connectivity index (χ0) is 17.4. The van der Waals surface area contributed by atoms with Gasteiger partial charge in [0.05, 0.1) is 20.2 Å². The summed E-state index contributed by atoms with van der Waals surface area (Å²) in [4.78, 5) is 7.16. The lowest BCUT2D eigenvalue weighted by atomic mass is 10.2. The maximum absolute atomic E-state index is 13.7. The Balaban J connectivity index is 1.98. The number of hydrogen-bond donors (Lipinski definition) is 2. The van der Waals surface area contributed by atoms with Crippen molar-refractivity contribution in [1.82, 2.24) is 10.6 Å². The van der Waals surface area contributed by atoms with Crippen molar-refractivity contribution in [3.8, 4) is 5.75 Å². The minimum Gasteiger partial charge on any atom is -0.494 e. The van der Waals surface area contributed by atoms with Crippen LogP contribution in [0.1, 0.15) is 29.2 Å². The Hall–Kier alpha value is -2.08. The number of thiophene rings is 1. The third-order valence-electron chi connectivity index (χ3n) is 3.48. The largest absolute Gasteiger partial charge is 0.494 e. The molecule has 0 bridgehead atoms. The van der Waals surface area contributed by atoms with Gasteiger partial charge < -0.3 is 15.4 Å². The van der Waals surface area contributed by atoms with Crippen LogP contribution in [0.5, 0.6) is 5.75 Å². The van der Waals surface area contributed by atoms with Gasteiger partial charge in [0, 0.05) is 16.3 Å². The molecule has 4 nitrogen and oxygen atoms in total. The summed E-state index contributed by atoms with van der Waals surface area (Å²) in [6.07, 6.45) is 1.06. The average molecular weight is 349 g/mol. The highest BCUT2D eigenvalue weighted by molar-refractivity contribution is 7.11. The second-order valence-corrected chi connectivity index (χ2v) is 6.49. The zero-order valence-electron chi connectivity index (χ0n) is 14.4. The summed E-state index contributed by atoms with van der Waals surface area (Å²) in [6, 6.07) is 9.20. The Morgan fingerprint density at radius 3 is 2.58 bits per heavy atom. The normalized spacial score (nSPS) is 11.4. The van der Waals surface area contributed by atoms with Crippen molar-refractivity contribution in [3.63, 3.8) is 0 Å². The fourth-order valence-corrected chi connectivity index (χ4v) is 3.10. The first-order valence-electron chi connectivity index (χ1n) is 8.08. The van der Waals surface area contributed by atoms with Crippen LogP contribution in [0, 0.1) is 5.82 Å². The second-order valence-electron chi connectivity index (χ2n) is 5.24. The molecule has 24 heavy (non-hydrogen) atoms. The number of methoxy groups -OCH3 is 1. The topological polar surface area (TPSA) is 45.7 Å². The molecule has 1 aromatic carbocycles. The lowest BCUT2D eigenvalue weighted by Gasteiger charge is -2.10. The van der Waals surface area contributed by atoms with Gasteiger partial charge in [-0.1, -0.05) is 13.0 Å². The van der Waals surface area contributed by atoms with Crippen LogP contribution in [-0.4, -0.2) is 19.6 Å². The summed E-state index contributed by atoms with van der Waals surface area (Å²) in [5, 5.41) is 6.52. The van der Waals surface area contributed by atoms with Crippen LogP contribution < -0.4 is 15.4 Å². The Morgan fingerprint density at radius 1 is 1.17 bits per heavy atom. The first-order valence-corrected chi connectivity index (χ1v) is 8.90. The molecule has 0 saturated carbocycles. The number of nitrogens with zero attached hydrogens (tertiary/aromatic N) is 1. The van der Waals surface area contributed by atoms with Crippen molar-refractivity contribution in [3.05, 3.63) is 51.5 Å². The van der Waals surface area contributed by atoms with Crippen LogP contribution in [0.4, 0.5) is 4.39 Å². The molecule has 1 heterocycles. The predicted molar refractivity (Wildman–Crippen MR) is 98.3 cm³/mol. The standard InChI is InChI=1S/C18H24FN3OS/c1-4-14-7-8-15(24-14)12-22-18(20-5-2)21-11-13-6-9-17(23-3)16(19)10-13/h6-10H,4-5,11-12H2,1-3H3,(H2,20,21,22). The molecule has 6 heteroatoms. The summed E-state index contributed by atoms with van der Waals surface area (Å²) in [7, 11) is 1.46. The van der Waals surface area contributed by atoms with E-state index in [1.54, 1.807) is 17.4 Å². The number of hydrogen-bond acceptors (Lipinski definition) is 3. The lowest BCUT2D eigenvalue weighted by Crippen LogP contribution is -2.36. The van der Waals surface area contributed by atoms with Crippen molar-refractivity contribution in [2.45, 2.75) is 33.4 Å². The maximum atomic E-state index is 13.7. The van der Waals surface area contributed by atoms with Crippen molar-refractivity contribution in [2.24, 2.45) is 4.99 Å². The smallest absolute Gasteiger partial charge is 0.191 e. The molecule has 0 spiro atoms. The molecule has 0 saturated heterocycles. The Morgan fingerprint density at radius 2 is 1.96 bits per heavy atom. The molecule has 0 amide bonds. The number of guanidine groups is 1. The molecule has 0 fully saturated rings. The fraction of sp³-hybridized carbons (Fsp3) is 0.389. The molecule has 0 aliphatic rings. The fourth-order valence-electron chi connectivity index (χ4n) is 2.20. The molecule has 130 valence electrons. The minimum atomic E-state index is -0.367. The lowest BCUT2D eigenvalue weighted by molar-refractivity contribution is 0.386. The van der Waals surface area contributed by atoms with Crippen molar-refractivity contribution >= 4 is 17.3 Å². The van der Waals surface area contributed by atoms with E-state index < -0.39 is 0 Å². The molecule has 0 aliphatic carbocycles. The molecule has 1 aromatic heterocycles. The van der Waals surface area contributed by atoms with Crippen molar-refractivity contribution < 1.29 is 9.13 Å². The summed E-state index contributed by atoms with van der Waals surface area (Å²) in [5.41, 5.74) is 0.801. The van der Waals surface area contributed by atoms with E-state index in [2.05, 4.69) is 34.7 Å². The minimum absolute atomic E-state index is 0.247. The van der Waals surface area contributed by atoms with E-state index in [-0.39, 0.29) is 11.6 Å². The van der Waals surface area contributed by atoms with Crippen LogP contribution in [0.3, 0.4) is 0 Å². The summed E-state index contributed by atoms with van der Waals surface area (Å²) < 4.78 is 18.7. The van der Waals surface area contributed by atoms with Gasteiger partial charge in [-0.3, -0.25) is 0 Å². The van der Waals surface area contributed by atoms with Gasteiger partial charge in [-0.05, 0) is 43.2 Å². The molecule has 2 aromatic rings. The van der Waals surface area contributed by atoms with Gasteiger partial charge in [-0.25, -0.2) is 9.38 Å². The van der Waals surface area contributed by atoms with Gasteiger partial charge in [0.15, 0.2) is 17.5 Å². The zero-order valence-corrected chi connectivity index (χ0v) is 15.2. The van der Waals surface area contributed by atoms with Crippen LogP contribution >= 0.6 is 11.3 Å². The summed E-state index contributed by atoms with van der Waals surface area (Å²) >= 11 is 1.80. The van der Waals surface area contributed by atoms with Gasteiger partial charge in [0.2, 0.25) is 0 Å². The molecule has 2 N–H and O–H groups in total. The van der Waals surface area contributed by atoms with Crippen LogP contribution in [0.25, 0.3) is 0 Å². The molecule has 0 unspecified atom stereocenters. The van der Waals surface area contributed by atoms with E-state index in [0.717, 1.165) is 31.0 Å². The van der Waals surface area contributed by atoms with Gasteiger partial charge >= 0.3 is 0 Å². The first-order chi connectivity index (χ1) is 11.7. The highest BCUT2D eigenvalue weighted by atomic mass is 32.1. The SMILES string of the molecule is CCNC(=NCc1ccc(OC)c(F)c1)NCc1ccc(CC)s1. The highest BCUT2D eigenvalue weighted by Gasteiger charge is 2.04. The summed E-state index contributed by atoms with van der Waals surface area (Å²) in [5.74, 6) is 0.603. The van der Waals surface area contributed by atoms with Gasteiger partial charge in [-0.15, -0.1) is 11.3 Å². The number of benzene rings is 1. The number of ether oxygens (including phenoxy) is 1. The molecular weight excluding hydrogens is 325 g/mol. The second kappa shape index (κ2) is 9.27.